The predicted octanol–water partition coefficient (Wildman–Crippen LogP) is 1.21. The summed E-state index contributed by atoms with van der Waals surface area (Å²) in [5, 5.41) is 5.48. The molecule has 5 nitrogen and oxygen atoms in total. The Morgan fingerprint density at radius 3 is 2.24 bits per heavy atom. The second-order valence-corrected chi connectivity index (χ2v) is 5.65. The van der Waals surface area contributed by atoms with Crippen molar-refractivity contribution >= 4 is 11.8 Å². The van der Waals surface area contributed by atoms with E-state index in [1.54, 1.807) is 12.1 Å². The van der Waals surface area contributed by atoms with Crippen molar-refractivity contribution < 1.29 is 9.59 Å². The minimum Gasteiger partial charge on any atom is -0.353 e. The van der Waals surface area contributed by atoms with Crippen LogP contribution in [0.2, 0.25) is 0 Å². The molecule has 1 aromatic rings. The van der Waals surface area contributed by atoms with Crippen molar-refractivity contribution in [1.82, 2.24) is 10.6 Å². The van der Waals surface area contributed by atoms with Crippen LogP contribution in [0.15, 0.2) is 24.3 Å². The van der Waals surface area contributed by atoms with Gasteiger partial charge in [0.25, 0.3) is 5.91 Å². The highest BCUT2D eigenvalue weighted by Gasteiger charge is 2.14. The van der Waals surface area contributed by atoms with Crippen LogP contribution in [-0.4, -0.2) is 30.9 Å². The van der Waals surface area contributed by atoms with Crippen molar-refractivity contribution in [3.8, 4) is 0 Å². The van der Waals surface area contributed by atoms with Crippen molar-refractivity contribution in [2.75, 3.05) is 13.1 Å². The van der Waals surface area contributed by atoms with E-state index in [-0.39, 0.29) is 11.8 Å². The molecule has 0 aromatic heterocycles. The standard InChI is InChI=1S/C16H25N3O2/c1-11(2)10-14(17)16(21)19-9-8-18-15(20)13-6-4-12(3)5-7-13/h4-7,11,14H,8-10,17H2,1-3H3,(H,18,20)(H,19,21)/t14-/m1/s1. The molecular weight excluding hydrogens is 266 g/mol. The third-order valence-electron chi connectivity index (χ3n) is 3.09. The molecule has 4 N–H and O–H groups in total. The summed E-state index contributed by atoms with van der Waals surface area (Å²) in [6.07, 6.45) is 0.654. The third-order valence-corrected chi connectivity index (χ3v) is 3.09. The van der Waals surface area contributed by atoms with E-state index < -0.39 is 6.04 Å². The van der Waals surface area contributed by atoms with Crippen molar-refractivity contribution in [1.29, 1.82) is 0 Å². The van der Waals surface area contributed by atoms with Gasteiger partial charge in [-0.3, -0.25) is 9.59 Å². The summed E-state index contributed by atoms with van der Waals surface area (Å²) in [4.78, 5) is 23.5. The van der Waals surface area contributed by atoms with Crippen LogP contribution in [0.5, 0.6) is 0 Å². The second-order valence-electron chi connectivity index (χ2n) is 5.65. The van der Waals surface area contributed by atoms with Gasteiger partial charge in [0.1, 0.15) is 0 Å². The molecule has 1 atom stereocenters. The van der Waals surface area contributed by atoms with Crippen molar-refractivity contribution in [3.05, 3.63) is 35.4 Å². The highest BCUT2D eigenvalue weighted by Crippen LogP contribution is 2.03. The Morgan fingerprint density at radius 1 is 1.10 bits per heavy atom. The number of amides is 2. The zero-order chi connectivity index (χ0) is 15.8. The molecule has 1 aromatic carbocycles. The number of benzene rings is 1. The van der Waals surface area contributed by atoms with Gasteiger partial charge < -0.3 is 16.4 Å². The Labute approximate surface area is 126 Å². The molecule has 0 spiro atoms. The first-order valence-electron chi connectivity index (χ1n) is 7.28. The van der Waals surface area contributed by atoms with Crippen molar-refractivity contribution in [2.24, 2.45) is 11.7 Å². The van der Waals surface area contributed by atoms with Crippen LogP contribution in [0.3, 0.4) is 0 Å². The van der Waals surface area contributed by atoms with Gasteiger partial charge in [0.2, 0.25) is 5.91 Å². The predicted molar refractivity (Wildman–Crippen MR) is 84.0 cm³/mol. The number of nitrogens with two attached hydrogens (primary N) is 1. The summed E-state index contributed by atoms with van der Waals surface area (Å²) < 4.78 is 0. The van der Waals surface area contributed by atoms with E-state index in [0.717, 1.165) is 5.56 Å². The van der Waals surface area contributed by atoms with Gasteiger partial charge in [-0.25, -0.2) is 0 Å². The fourth-order valence-corrected chi connectivity index (χ4v) is 1.91. The first-order valence-corrected chi connectivity index (χ1v) is 7.28. The van der Waals surface area contributed by atoms with Gasteiger partial charge in [-0.1, -0.05) is 31.5 Å². The van der Waals surface area contributed by atoms with Crippen molar-refractivity contribution in [3.63, 3.8) is 0 Å². The van der Waals surface area contributed by atoms with Gasteiger partial charge in [0.05, 0.1) is 6.04 Å². The van der Waals surface area contributed by atoms with Gasteiger partial charge in [-0.15, -0.1) is 0 Å². The molecule has 0 aliphatic heterocycles. The molecule has 5 heteroatoms. The molecule has 0 unspecified atom stereocenters. The Morgan fingerprint density at radius 2 is 1.67 bits per heavy atom. The number of carbonyl (C=O) groups excluding carboxylic acids is 2. The highest BCUT2D eigenvalue weighted by molar-refractivity contribution is 5.94. The molecule has 0 fully saturated rings. The lowest BCUT2D eigenvalue weighted by molar-refractivity contribution is -0.122. The van der Waals surface area contributed by atoms with Crippen LogP contribution in [0.1, 0.15) is 36.2 Å². The second kappa shape index (κ2) is 8.42. The topological polar surface area (TPSA) is 84.2 Å². The SMILES string of the molecule is Cc1ccc(C(=O)NCCNC(=O)[C@H](N)CC(C)C)cc1. The van der Waals surface area contributed by atoms with Crippen molar-refractivity contribution in [2.45, 2.75) is 33.2 Å². The zero-order valence-corrected chi connectivity index (χ0v) is 13.0. The average Bonchev–Trinajstić information content (AvgIpc) is 2.43. The summed E-state index contributed by atoms with van der Waals surface area (Å²) in [6, 6.07) is 6.85. The lowest BCUT2D eigenvalue weighted by Crippen LogP contribution is -2.44. The minimum absolute atomic E-state index is 0.143. The number of carbonyl (C=O) groups is 2. The quantitative estimate of drug-likeness (QED) is 0.660. The summed E-state index contributed by atoms with van der Waals surface area (Å²) in [5.74, 6) is 0.0657. The number of rotatable bonds is 7. The molecule has 0 saturated carbocycles. The van der Waals surface area contributed by atoms with E-state index in [0.29, 0.717) is 31.0 Å². The van der Waals surface area contributed by atoms with E-state index in [4.69, 9.17) is 5.73 Å². The van der Waals surface area contributed by atoms with Crippen LogP contribution in [0, 0.1) is 12.8 Å². The molecule has 0 radical (unpaired) electrons. The fraction of sp³-hybridized carbons (Fsp3) is 0.500. The molecule has 0 heterocycles. The lowest BCUT2D eigenvalue weighted by Gasteiger charge is -2.14. The molecule has 0 aliphatic rings. The van der Waals surface area contributed by atoms with E-state index in [1.165, 1.54) is 0 Å². The molecule has 0 saturated heterocycles. The highest BCUT2D eigenvalue weighted by atomic mass is 16.2. The van der Waals surface area contributed by atoms with Crippen LogP contribution in [0.25, 0.3) is 0 Å². The largest absolute Gasteiger partial charge is 0.353 e. The maximum atomic E-state index is 11.8. The van der Waals surface area contributed by atoms with Gasteiger partial charge in [0.15, 0.2) is 0 Å². The number of hydrogen-bond donors (Lipinski definition) is 3. The Kier molecular flexibility index (Phi) is 6.88. The maximum absolute atomic E-state index is 11.8. The van der Waals surface area contributed by atoms with Gasteiger partial charge in [0, 0.05) is 18.7 Å². The van der Waals surface area contributed by atoms with Gasteiger partial charge in [-0.2, -0.15) is 0 Å². The Bertz CT molecular complexity index is 469. The molecule has 1 rings (SSSR count). The zero-order valence-electron chi connectivity index (χ0n) is 13.0. The average molecular weight is 291 g/mol. The van der Waals surface area contributed by atoms with Gasteiger partial charge >= 0.3 is 0 Å². The first kappa shape index (κ1) is 17.2. The smallest absolute Gasteiger partial charge is 0.251 e. The molecule has 116 valence electrons. The summed E-state index contributed by atoms with van der Waals surface area (Å²) in [5.41, 5.74) is 7.49. The first-order chi connectivity index (χ1) is 9.90. The molecular formula is C16H25N3O2. The number of aryl methyl sites for hydroxylation is 1. The van der Waals surface area contributed by atoms with Crippen LogP contribution < -0.4 is 16.4 Å². The Balaban J connectivity index is 2.26. The summed E-state index contributed by atoms with van der Waals surface area (Å²) in [6.45, 7) is 6.77. The minimum atomic E-state index is -0.488. The third kappa shape index (κ3) is 6.40. The summed E-state index contributed by atoms with van der Waals surface area (Å²) in [7, 11) is 0. The van der Waals surface area contributed by atoms with Crippen LogP contribution in [-0.2, 0) is 4.79 Å². The van der Waals surface area contributed by atoms with E-state index in [2.05, 4.69) is 10.6 Å². The van der Waals surface area contributed by atoms with E-state index >= 15 is 0 Å². The van der Waals surface area contributed by atoms with Gasteiger partial charge in [-0.05, 0) is 31.4 Å². The maximum Gasteiger partial charge on any atom is 0.251 e. The fourth-order valence-electron chi connectivity index (χ4n) is 1.91. The molecule has 21 heavy (non-hydrogen) atoms. The number of nitrogens with one attached hydrogen (secondary N) is 2. The van der Waals surface area contributed by atoms with E-state index in [1.807, 2.05) is 32.9 Å². The van der Waals surface area contributed by atoms with Crippen LogP contribution in [0.4, 0.5) is 0 Å². The normalized spacial score (nSPS) is 12.0. The summed E-state index contributed by atoms with van der Waals surface area (Å²) >= 11 is 0. The lowest BCUT2D eigenvalue weighted by atomic mass is 10.0. The molecule has 0 bridgehead atoms. The molecule has 2 amide bonds. The van der Waals surface area contributed by atoms with Crippen LogP contribution >= 0.6 is 0 Å². The monoisotopic (exact) mass is 291 g/mol. The number of hydrogen-bond acceptors (Lipinski definition) is 3. The Hall–Kier alpha value is -1.88. The van der Waals surface area contributed by atoms with E-state index in [9.17, 15) is 9.59 Å². The molecule has 0 aliphatic carbocycles.